The van der Waals surface area contributed by atoms with E-state index in [0.29, 0.717) is 0 Å². The Morgan fingerprint density at radius 1 is 1.05 bits per heavy atom. The molecular weight excluding hydrogens is 276 g/mol. The number of nitrogens with one attached hydrogen (secondary N) is 1. The van der Waals surface area contributed by atoms with Crippen LogP contribution in [0.15, 0.2) is 52.5 Å². The van der Waals surface area contributed by atoms with Crippen LogP contribution < -0.4 is 5.32 Å². The average molecular weight is 300 g/mol. The normalized spacial score (nSPS) is 11.6. The molecule has 2 aromatic rings. The monoisotopic (exact) mass is 300 g/mol. The van der Waals surface area contributed by atoms with Gasteiger partial charge in [-0.1, -0.05) is 57.7 Å². The predicted molar refractivity (Wildman–Crippen MR) is 90.9 cm³/mol. The molecule has 0 amide bonds. The Labute approximate surface area is 132 Å². The van der Waals surface area contributed by atoms with E-state index in [2.05, 4.69) is 74.4 Å². The van der Waals surface area contributed by atoms with Crippen LogP contribution in [0.4, 0.5) is 0 Å². The summed E-state index contributed by atoms with van der Waals surface area (Å²) in [6.07, 6.45) is 1.95. The van der Waals surface area contributed by atoms with Crippen molar-refractivity contribution < 1.29 is 0 Å². The highest BCUT2D eigenvalue weighted by molar-refractivity contribution is 7.99. The molecule has 1 aromatic heterocycles. The maximum Gasteiger partial charge on any atom is 0.101 e. The first kappa shape index (κ1) is 16.1. The van der Waals surface area contributed by atoms with Gasteiger partial charge in [-0.25, -0.2) is 4.98 Å². The lowest BCUT2D eigenvalue weighted by Gasteiger charge is -2.19. The zero-order chi connectivity index (χ0) is 15.3. The minimum absolute atomic E-state index is 0.204. The lowest BCUT2D eigenvalue weighted by molar-refractivity contribution is 0.590. The third kappa shape index (κ3) is 4.87. The molecule has 0 atom stereocenters. The number of benzene rings is 1. The Bertz CT molecular complexity index is 553. The van der Waals surface area contributed by atoms with Crippen LogP contribution in [0, 0.1) is 0 Å². The summed E-state index contributed by atoms with van der Waals surface area (Å²) in [5, 5.41) is 4.35. The third-order valence-corrected chi connectivity index (χ3v) is 4.28. The smallest absolute Gasteiger partial charge is 0.101 e. The molecule has 21 heavy (non-hydrogen) atoms. The first-order valence-electron chi connectivity index (χ1n) is 7.43. The first-order chi connectivity index (χ1) is 9.99. The molecule has 0 spiro atoms. The number of aromatic nitrogens is 1. The van der Waals surface area contributed by atoms with E-state index in [0.717, 1.165) is 18.1 Å². The van der Waals surface area contributed by atoms with E-state index in [4.69, 9.17) is 0 Å². The van der Waals surface area contributed by atoms with Crippen molar-refractivity contribution in [1.29, 1.82) is 0 Å². The molecule has 1 aromatic carbocycles. The summed E-state index contributed by atoms with van der Waals surface area (Å²) in [7, 11) is 0. The second-order valence-corrected chi connectivity index (χ2v) is 7.26. The minimum Gasteiger partial charge on any atom is -0.313 e. The summed E-state index contributed by atoms with van der Waals surface area (Å²) in [5.74, 6) is 0. The number of hydrogen-bond acceptors (Lipinski definition) is 3. The second-order valence-electron chi connectivity index (χ2n) is 6.16. The third-order valence-electron chi connectivity index (χ3n) is 3.32. The highest BCUT2D eigenvalue weighted by Gasteiger charge is 2.12. The van der Waals surface area contributed by atoms with Gasteiger partial charge < -0.3 is 5.32 Å². The van der Waals surface area contributed by atoms with Crippen molar-refractivity contribution in [3.63, 3.8) is 0 Å². The molecule has 0 radical (unpaired) electrons. The van der Waals surface area contributed by atoms with E-state index in [1.807, 2.05) is 6.20 Å². The topological polar surface area (TPSA) is 24.9 Å². The van der Waals surface area contributed by atoms with Crippen molar-refractivity contribution in [2.24, 2.45) is 0 Å². The quantitative estimate of drug-likeness (QED) is 0.870. The highest BCUT2D eigenvalue weighted by Crippen LogP contribution is 2.29. The maximum absolute atomic E-state index is 4.52. The summed E-state index contributed by atoms with van der Waals surface area (Å²) < 4.78 is 0. The molecule has 0 unspecified atom stereocenters. The number of hydrogen-bond donors (Lipinski definition) is 1. The van der Waals surface area contributed by atoms with E-state index in [1.54, 1.807) is 11.8 Å². The van der Waals surface area contributed by atoms with Crippen LogP contribution in [-0.4, -0.2) is 11.5 Å². The van der Waals surface area contributed by atoms with Crippen LogP contribution >= 0.6 is 11.8 Å². The van der Waals surface area contributed by atoms with Crippen molar-refractivity contribution in [2.45, 2.75) is 49.6 Å². The van der Waals surface area contributed by atoms with Crippen LogP contribution in [0.5, 0.6) is 0 Å². The molecule has 0 fully saturated rings. The molecule has 0 saturated carbocycles. The largest absolute Gasteiger partial charge is 0.313 e. The van der Waals surface area contributed by atoms with Crippen LogP contribution in [0.2, 0.25) is 0 Å². The summed E-state index contributed by atoms with van der Waals surface area (Å²) in [4.78, 5) is 5.75. The van der Waals surface area contributed by atoms with Crippen molar-refractivity contribution in [3.05, 3.63) is 53.7 Å². The summed E-state index contributed by atoms with van der Waals surface area (Å²) >= 11 is 1.71. The minimum atomic E-state index is 0.204. The zero-order valence-electron chi connectivity index (χ0n) is 13.3. The molecular formula is C18H24N2S. The molecule has 1 N–H and O–H groups in total. The van der Waals surface area contributed by atoms with Gasteiger partial charge >= 0.3 is 0 Å². The molecule has 112 valence electrons. The molecule has 0 aliphatic carbocycles. The van der Waals surface area contributed by atoms with E-state index in [9.17, 15) is 0 Å². The maximum atomic E-state index is 4.52. The number of rotatable bonds is 5. The van der Waals surface area contributed by atoms with Crippen molar-refractivity contribution in [2.75, 3.05) is 6.54 Å². The van der Waals surface area contributed by atoms with Gasteiger partial charge in [0.2, 0.25) is 0 Å². The van der Waals surface area contributed by atoms with Gasteiger partial charge in [-0.2, -0.15) is 0 Å². The van der Waals surface area contributed by atoms with Gasteiger partial charge in [0.15, 0.2) is 0 Å². The lowest BCUT2D eigenvalue weighted by atomic mass is 9.87. The first-order valence-corrected chi connectivity index (χ1v) is 8.25. The highest BCUT2D eigenvalue weighted by atomic mass is 32.2. The summed E-state index contributed by atoms with van der Waals surface area (Å²) in [6, 6.07) is 13.0. The fourth-order valence-electron chi connectivity index (χ4n) is 1.99. The standard InChI is InChI=1S/C18H24N2S/c1-5-19-12-14-6-11-17(20-13-14)21-16-9-7-15(8-10-16)18(2,3)4/h6-11,13,19H,5,12H2,1-4H3. The van der Waals surface area contributed by atoms with Crippen molar-refractivity contribution >= 4 is 11.8 Å². The Hall–Kier alpha value is -1.32. The molecule has 0 aliphatic heterocycles. The summed E-state index contributed by atoms with van der Waals surface area (Å²) in [6.45, 7) is 10.7. The number of pyridine rings is 1. The van der Waals surface area contributed by atoms with Gasteiger partial charge in [0.25, 0.3) is 0 Å². The van der Waals surface area contributed by atoms with Crippen LogP contribution in [-0.2, 0) is 12.0 Å². The SMILES string of the molecule is CCNCc1ccc(Sc2ccc(C(C)(C)C)cc2)nc1. The molecule has 2 rings (SSSR count). The molecule has 0 aliphatic rings. The second kappa shape index (κ2) is 7.10. The number of nitrogens with zero attached hydrogens (tertiary/aromatic N) is 1. The van der Waals surface area contributed by atoms with E-state index < -0.39 is 0 Å². The predicted octanol–water partition coefficient (Wildman–Crippen LogP) is 4.64. The van der Waals surface area contributed by atoms with Crippen molar-refractivity contribution in [3.8, 4) is 0 Å². The average Bonchev–Trinajstić information content (AvgIpc) is 2.46. The summed E-state index contributed by atoms with van der Waals surface area (Å²) in [5.41, 5.74) is 2.79. The Morgan fingerprint density at radius 3 is 2.29 bits per heavy atom. The molecule has 2 nitrogen and oxygen atoms in total. The van der Waals surface area contributed by atoms with E-state index in [1.165, 1.54) is 16.0 Å². The van der Waals surface area contributed by atoms with Gasteiger partial charge in [0.1, 0.15) is 5.03 Å². The fraction of sp³-hybridized carbons (Fsp3) is 0.389. The van der Waals surface area contributed by atoms with Crippen LogP contribution in [0.3, 0.4) is 0 Å². The van der Waals surface area contributed by atoms with Gasteiger partial charge in [-0.05, 0) is 41.3 Å². The van der Waals surface area contributed by atoms with Crippen molar-refractivity contribution in [1.82, 2.24) is 10.3 Å². The molecule has 3 heteroatoms. The van der Waals surface area contributed by atoms with E-state index in [-0.39, 0.29) is 5.41 Å². The zero-order valence-corrected chi connectivity index (χ0v) is 14.1. The van der Waals surface area contributed by atoms with Crippen LogP contribution in [0.25, 0.3) is 0 Å². The van der Waals surface area contributed by atoms with E-state index >= 15 is 0 Å². The van der Waals surface area contributed by atoms with Gasteiger partial charge in [0, 0.05) is 17.6 Å². The Kier molecular flexibility index (Phi) is 5.43. The fourth-order valence-corrected chi connectivity index (χ4v) is 2.74. The van der Waals surface area contributed by atoms with Gasteiger partial charge in [0.05, 0.1) is 0 Å². The Balaban J connectivity index is 2.01. The lowest BCUT2D eigenvalue weighted by Crippen LogP contribution is -2.11. The Morgan fingerprint density at radius 2 is 1.76 bits per heavy atom. The van der Waals surface area contributed by atoms with Crippen LogP contribution in [0.1, 0.15) is 38.8 Å². The van der Waals surface area contributed by atoms with Gasteiger partial charge in [-0.15, -0.1) is 0 Å². The molecule has 0 saturated heterocycles. The molecule has 0 bridgehead atoms. The molecule has 1 heterocycles. The van der Waals surface area contributed by atoms with Gasteiger partial charge in [-0.3, -0.25) is 0 Å².